The van der Waals surface area contributed by atoms with Gasteiger partial charge in [0.05, 0.1) is 10.7 Å². The number of aliphatic carboxylic acids is 1. The summed E-state index contributed by atoms with van der Waals surface area (Å²) in [6.07, 6.45) is 1.74. The van der Waals surface area contributed by atoms with Gasteiger partial charge in [0.1, 0.15) is 5.54 Å². The van der Waals surface area contributed by atoms with Gasteiger partial charge in [-0.05, 0) is 24.8 Å². The maximum absolute atomic E-state index is 14.2. The second-order valence-electron chi connectivity index (χ2n) is 5.97. The number of anilines is 1. The summed E-state index contributed by atoms with van der Waals surface area (Å²) >= 11 is 5.69. The third kappa shape index (κ3) is 4.27. The van der Waals surface area contributed by atoms with Gasteiger partial charge in [0.25, 0.3) is 0 Å². The van der Waals surface area contributed by atoms with Crippen molar-refractivity contribution in [3.05, 3.63) is 23.0 Å². The second kappa shape index (κ2) is 7.64. The van der Waals surface area contributed by atoms with E-state index in [9.17, 15) is 32.3 Å². The number of ether oxygens (including phenoxy) is 1. The van der Waals surface area contributed by atoms with Gasteiger partial charge < -0.3 is 9.84 Å². The molecule has 1 aliphatic rings. The van der Waals surface area contributed by atoms with Gasteiger partial charge in [-0.2, -0.15) is 0 Å². The summed E-state index contributed by atoms with van der Waals surface area (Å²) in [7, 11) is 0. The van der Waals surface area contributed by atoms with Crippen LogP contribution in [0, 0.1) is 18.2 Å². The molecule has 5 nitrogen and oxygen atoms in total. The molecule has 0 heterocycles. The first-order chi connectivity index (χ1) is 12.5. The molecule has 0 atom stereocenters. The Morgan fingerprint density at radius 3 is 2.30 bits per heavy atom. The van der Waals surface area contributed by atoms with E-state index in [1.807, 2.05) is 0 Å². The number of terminal acetylenes is 1. The van der Waals surface area contributed by atoms with Crippen molar-refractivity contribution in [1.82, 2.24) is 0 Å². The van der Waals surface area contributed by atoms with Gasteiger partial charge in [0.2, 0.25) is 0 Å². The second-order valence-corrected chi connectivity index (χ2v) is 6.38. The minimum atomic E-state index is -5.19. The minimum absolute atomic E-state index is 0.0514. The highest BCUT2D eigenvalue weighted by Crippen LogP contribution is 2.41. The lowest BCUT2D eigenvalue weighted by Crippen LogP contribution is -2.58. The topological polar surface area (TPSA) is 66.8 Å². The predicted octanol–water partition coefficient (Wildman–Crippen LogP) is 4.13. The van der Waals surface area contributed by atoms with Gasteiger partial charge >= 0.3 is 18.2 Å². The Morgan fingerprint density at radius 2 is 1.85 bits per heavy atom. The van der Waals surface area contributed by atoms with Crippen molar-refractivity contribution in [2.75, 3.05) is 4.90 Å². The summed E-state index contributed by atoms with van der Waals surface area (Å²) in [5.74, 6) is -3.44. The molecular weight excluding hydrogens is 394 g/mol. The molecule has 0 saturated heterocycles. The Kier molecular flexibility index (Phi) is 5.90. The number of rotatable bonds is 4. The quantitative estimate of drug-likeness (QED) is 0.602. The smallest absolute Gasteiger partial charge is 0.479 e. The zero-order valence-electron chi connectivity index (χ0n) is 13.8. The van der Waals surface area contributed by atoms with E-state index >= 15 is 0 Å². The number of nitrogens with zero attached hydrogens (tertiary/aromatic N) is 1. The third-order valence-electron chi connectivity index (χ3n) is 4.29. The monoisotopic (exact) mass is 407 g/mol. The van der Waals surface area contributed by atoms with E-state index in [0.29, 0.717) is 23.8 Å². The number of carboxylic acids is 1. The van der Waals surface area contributed by atoms with Gasteiger partial charge in [-0.15, -0.1) is 19.6 Å². The Hall–Kier alpha value is -2.47. The van der Waals surface area contributed by atoms with Crippen molar-refractivity contribution in [2.45, 2.75) is 44.0 Å². The van der Waals surface area contributed by atoms with Gasteiger partial charge in [-0.3, -0.25) is 9.69 Å². The summed E-state index contributed by atoms with van der Waals surface area (Å²) in [5, 5.41) is 8.96. The van der Waals surface area contributed by atoms with Crippen molar-refractivity contribution < 1.29 is 37.0 Å². The maximum atomic E-state index is 14.2. The summed E-state index contributed by atoms with van der Waals surface area (Å²) in [6.45, 7) is 0. The van der Waals surface area contributed by atoms with Crippen molar-refractivity contribution in [3.63, 3.8) is 0 Å². The molecule has 0 aromatic heterocycles. The fourth-order valence-corrected chi connectivity index (χ4v) is 3.42. The molecule has 0 spiro atoms. The van der Waals surface area contributed by atoms with Crippen LogP contribution in [0.2, 0.25) is 5.02 Å². The van der Waals surface area contributed by atoms with E-state index < -0.39 is 40.4 Å². The number of benzene rings is 1. The molecule has 0 radical (unpaired) electrons. The highest BCUT2D eigenvalue weighted by atomic mass is 35.5. The van der Waals surface area contributed by atoms with Crippen LogP contribution in [0.15, 0.2) is 12.1 Å². The highest BCUT2D eigenvalue weighted by Gasteiger charge is 2.48. The lowest BCUT2D eigenvalue weighted by molar-refractivity contribution is -0.275. The highest BCUT2D eigenvalue weighted by molar-refractivity contribution is 6.32. The van der Waals surface area contributed by atoms with Crippen molar-refractivity contribution in [2.24, 2.45) is 0 Å². The SMILES string of the molecule is C#CC(=O)N(c1cc(F)c(OC(F)(F)F)c(Cl)c1)C1(C(=O)O)CCCCC1. The molecule has 1 aromatic rings. The molecule has 27 heavy (non-hydrogen) atoms. The van der Waals surface area contributed by atoms with E-state index in [4.69, 9.17) is 18.0 Å². The summed E-state index contributed by atoms with van der Waals surface area (Å²) < 4.78 is 54.9. The van der Waals surface area contributed by atoms with Crippen LogP contribution in [0.5, 0.6) is 5.75 Å². The Morgan fingerprint density at radius 1 is 1.26 bits per heavy atom. The summed E-state index contributed by atoms with van der Waals surface area (Å²) in [6, 6.07) is 1.36. The van der Waals surface area contributed by atoms with Crippen LogP contribution in [0.4, 0.5) is 23.2 Å². The summed E-state index contributed by atoms with van der Waals surface area (Å²) in [5.41, 5.74) is -2.11. The predicted molar refractivity (Wildman–Crippen MR) is 87.9 cm³/mol. The number of alkyl halides is 3. The number of hydrogen-bond acceptors (Lipinski definition) is 3. The van der Waals surface area contributed by atoms with Crippen LogP contribution in [0.3, 0.4) is 0 Å². The molecule has 146 valence electrons. The van der Waals surface area contributed by atoms with Crippen LogP contribution in [0.25, 0.3) is 0 Å². The normalized spacial score (nSPS) is 16.3. The molecule has 2 rings (SSSR count). The van der Waals surface area contributed by atoms with E-state index in [2.05, 4.69) is 4.74 Å². The molecule has 1 aliphatic carbocycles. The largest absolute Gasteiger partial charge is 0.573 e. The maximum Gasteiger partial charge on any atom is 0.573 e. The molecule has 1 amide bonds. The fourth-order valence-electron chi connectivity index (χ4n) is 3.18. The van der Waals surface area contributed by atoms with E-state index in [1.165, 1.54) is 0 Å². The van der Waals surface area contributed by atoms with Gasteiger partial charge in [0.15, 0.2) is 11.6 Å². The average molecular weight is 408 g/mol. The molecule has 0 aliphatic heterocycles. The first kappa shape index (κ1) is 20.8. The number of carbonyl (C=O) groups is 2. The molecule has 1 N–H and O–H groups in total. The Balaban J connectivity index is 2.60. The molecule has 0 unspecified atom stereocenters. The zero-order chi connectivity index (χ0) is 20.4. The minimum Gasteiger partial charge on any atom is -0.479 e. The summed E-state index contributed by atoms with van der Waals surface area (Å²) in [4.78, 5) is 25.0. The molecular formula is C17H14ClF4NO4. The fraction of sp³-hybridized carbons (Fsp3) is 0.412. The lowest BCUT2D eigenvalue weighted by atomic mass is 9.79. The van der Waals surface area contributed by atoms with E-state index in [1.54, 1.807) is 5.92 Å². The first-order valence-corrected chi connectivity index (χ1v) is 8.18. The van der Waals surface area contributed by atoms with Crippen molar-refractivity contribution >= 4 is 29.2 Å². The molecule has 1 fully saturated rings. The van der Waals surface area contributed by atoms with Crippen LogP contribution in [0.1, 0.15) is 32.1 Å². The van der Waals surface area contributed by atoms with Crippen molar-refractivity contribution in [3.8, 4) is 18.1 Å². The first-order valence-electron chi connectivity index (χ1n) is 7.81. The number of carbonyl (C=O) groups excluding carboxylic acids is 1. The molecule has 0 bridgehead atoms. The van der Waals surface area contributed by atoms with Crippen molar-refractivity contribution in [1.29, 1.82) is 0 Å². The number of halogens is 5. The number of carboxylic acid groups (broad SMARTS) is 1. The van der Waals surface area contributed by atoms with Crippen LogP contribution >= 0.6 is 11.6 Å². The Labute approximate surface area is 156 Å². The molecule has 1 aromatic carbocycles. The number of amides is 1. The van der Waals surface area contributed by atoms with Crippen LogP contribution in [-0.2, 0) is 9.59 Å². The Bertz CT molecular complexity index is 774. The van der Waals surface area contributed by atoms with Gasteiger partial charge in [-0.25, -0.2) is 9.18 Å². The lowest BCUT2D eigenvalue weighted by Gasteiger charge is -2.42. The van der Waals surface area contributed by atoms with Crippen LogP contribution < -0.4 is 9.64 Å². The molecule has 1 saturated carbocycles. The average Bonchev–Trinajstić information content (AvgIpc) is 2.58. The molecule has 10 heteroatoms. The van der Waals surface area contributed by atoms with Gasteiger partial charge in [0, 0.05) is 6.07 Å². The van der Waals surface area contributed by atoms with E-state index in [-0.39, 0.29) is 18.5 Å². The van der Waals surface area contributed by atoms with Gasteiger partial charge in [-0.1, -0.05) is 30.9 Å². The van der Waals surface area contributed by atoms with E-state index in [0.717, 1.165) is 12.5 Å². The standard InChI is InChI=1S/C17H14ClF4NO4/c1-2-13(24)23(16(15(25)26)6-4-3-5-7-16)10-8-11(18)14(12(19)9-10)27-17(20,21)22/h1,8-9H,3-7H2,(H,25,26). The number of hydrogen-bond donors (Lipinski definition) is 1. The zero-order valence-corrected chi connectivity index (χ0v) is 14.5. The third-order valence-corrected chi connectivity index (χ3v) is 4.57. The van der Waals surface area contributed by atoms with Crippen LogP contribution in [-0.4, -0.2) is 28.9 Å².